The first kappa shape index (κ1) is 17.7. The van der Waals surface area contributed by atoms with Crippen molar-refractivity contribution >= 4 is 22.6 Å². The van der Waals surface area contributed by atoms with Crippen LogP contribution in [0, 0.1) is 13.8 Å². The molecule has 7 nitrogen and oxygen atoms in total. The number of amides is 1. The summed E-state index contributed by atoms with van der Waals surface area (Å²) in [6.45, 7) is 3.97. The van der Waals surface area contributed by atoms with Crippen molar-refractivity contribution < 1.29 is 9.32 Å². The number of aryl methyl sites for hydroxylation is 2. The van der Waals surface area contributed by atoms with Crippen molar-refractivity contribution in [3.63, 3.8) is 0 Å². The summed E-state index contributed by atoms with van der Waals surface area (Å²) in [5.74, 6) is -0.193. The molecule has 0 spiro atoms. The Morgan fingerprint density at radius 2 is 2.00 bits per heavy atom. The number of carbonyl (C=O) groups is 1. The highest BCUT2D eigenvalue weighted by Gasteiger charge is 2.15. The number of fused-ring (bicyclic) bond motifs is 1. The van der Waals surface area contributed by atoms with Gasteiger partial charge in [-0.25, -0.2) is 5.10 Å². The standard InChI is InChI=1S/C21H18N4O3/c1-12-8-13(2)21-17(25-28-18(21)9-12)11-20(27)22-15-5-3-4-14(10-15)16-6-7-19(26)24-23-16/h3-10H,11H2,1-2H3,(H,22,27)(H,24,26). The van der Waals surface area contributed by atoms with Crippen molar-refractivity contribution in [3.8, 4) is 11.3 Å². The Balaban J connectivity index is 1.54. The minimum atomic E-state index is -0.265. The molecule has 0 aliphatic rings. The fourth-order valence-electron chi connectivity index (χ4n) is 3.26. The molecular weight excluding hydrogens is 356 g/mol. The van der Waals surface area contributed by atoms with Crippen LogP contribution in [0.5, 0.6) is 0 Å². The summed E-state index contributed by atoms with van der Waals surface area (Å²) in [5, 5.41) is 14.2. The Labute approximate surface area is 160 Å². The van der Waals surface area contributed by atoms with Gasteiger partial charge in [0.1, 0.15) is 5.69 Å². The van der Waals surface area contributed by atoms with Gasteiger partial charge in [0.05, 0.1) is 12.1 Å². The fraction of sp³-hybridized carbons (Fsp3) is 0.143. The van der Waals surface area contributed by atoms with E-state index in [0.717, 1.165) is 22.1 Å². The van der Waals surface area contributed by atoms with Crippen LogP contribution in [0.25, 0.3) is 22.2 Å². The van der Waals surface area contributed by atoms with Crippen LogP contribution < -0.4 is 10.9 Å². The second-order valence-electron chi connectivity index (χ2n) is 6.70. The minimum Gasteiger partial charge on any atom is -0.356 e. The SMILES string of the molecule is Cc1cc(C)c2c(CC(=O)Nc3cccc(-c4ccc(=O)[nH]n4)c3)noc2c1. The van der Waals surface area contributed by atoms with E-state index in [1.807, 2.05) is 38.1 Å². The number of benzene rings is 2. The van der Waals surface area contributed by atoms with Crippen molar-refractivity contribution in [2.45, 2.75) is 20.3 Å². The molecule has 2 N–H and O–H groups in total. The normalized spacial score (nSPS) is 10.9. The summed E-state index contributed by atoms with van der Waals surface area (Å²) in [7, 11) is 0. The molecule has 2 aromatic carbocycles. The maximum atomic E-state index is 12.5. The van der Waals surface area contributed by atoms with Gasteiger partial charge in [-0.05, 0) is 49.2 Å². The van der Waals surface area contributed by atoms with Crippen LogP contribution in [0.1, 0.15) is 16.8 Å². The minimum absolute atomic E-state index is 0.109. The van der Waals surface area contributed by atoms with Gasteiger partial charge in [0, 0.05) is 22.7 Å². The molecule has 0 saturated carbocycles. The van der Waals surface area contributed by atoms with Crippen LogP contribution in [0.15, 0.2) is 57.8 Å². The number of rotatable bonds is 4. The van der Waals surface area contributed by atoms with Gasteiger partial charge in [-0.2, -0.15) is 5.10 Å². The molecule has 0 atom stereocenters. The largest absolute Gasteiger partial charge is 0.356 e. The third-order valence-electron chi connectivity index (χ3n) is 4.44. The van der Waals surface area contributed by atoms with E-state index in [1.54, 1.807) is 18.2 Å². The van der Waals surface area contributed by atoms with E-state index in [1.165, 1.54) is 6.07 Å². The lowest BCUT2D eigenvalue weighted by Crippen LogP contribution is -2.15. The van der Waals surface area contributed by atoms with E-state index < -0.39 is 0 Å². The highest BCUT2D eigenvalue weighted by molar-refractivity contribution is 5.95. The van der Waals surface area contributed by atoms with Gasteiger partial charge >= 0.3 is 0 Å². The summed E-state index contributed by atoms with van der Waals surface area (Å²) < 4.78 is 5.38. The van der Waals surface area contributed by atoms with Gasteiger partial charge in [-0.15, -0.1) is 0 Å². The maximum Gasteiger partial charge on any atom is 0.264 e. The zero-order chi connectivity index (χ0) is 19.7. The van der Waals surface area contributed by atoms with Crippen molar-refractivity contribution in [2.75, 3.05) is 5.32 Å². The average Bonchev–Trinajstić information content (AvgIpc) is 3.05. The number of aromatic amines is 1. The molecular formula is C21H18N4O3. The number of aromatic nitrogens is 3. The molecule has 28 heavy (non-hydrogen) atoms. The van der Waals surface area contributed by atoms with Crippen molar-refractivity contribution in [1.29, 1.82) is 0 Å². The smallest absolute Gasteiger partial charge is 0.264 e. The molecule has 140 valence electrons. The van der Waals surface area contributed by atoms with Crippen molar-refractivity contribution in [1.82, 2.24) is 15.4 Å². The molecule has 0 saturated heterocycles. The summed E-state index contributed by atoms with van der Waals surface area (Å²) >= 11 is 0. The van der Waals surface area contributed by atoms with E-state index in [-0.39, 0.29) is 17.9 Å². The second kappa shape index (κ2) is 7.11. The third-order valence-corrected chi connectivity index (χ3v) is 4.44. The summed E-state index contributed by atoms with van der Waals surface area (Å²) in [4.78, 5) is 23.7. The third kappa shape index (κ3) is 3.55. The lowest BCUT2D eigenvalue weighted by Gasteiger charge is -2.07. The first-order chi connectivity index (χ1) is 13.5. The van der Waals surface area contributed by atoms with Crippen LogP contribution in [0.3, 0.4) is 0 Å². The van der Waals surface area contributed by atoms with Crippen LogP contribution in [0.4, 0.5) is 5.69 Å². The van der Waals surface area contributed by atoms with Crippen LogP contribution in [-0.2, 0) is 11.2 Å². The van der Waals surface area contributed by atoms with Crippen molar-refractivity contribution in [2.24, 2.45) is 0 Å². The quantitative estimate of drug-likeness (QED) is 0.570. The number of anilines is 1. The molecule has 0 fully saturated rings. The Bertz CT molecular complexity index is 1220. The molecule has 0 bridgehead atoms. The molecule has 4 rings (SSSR count). The topological polar surface area (TPSA) is 101 Å². The molecule has 0 aliphatic carbocycles. The summed E-state index contributed by atoms with van der Waals surface area (Å²) in [5.41, 5.74) is 5.19. The molecule has 2 aromatic heterocycles. The molecule has 7 heteroatoms. The number of H-pyrrole nitrogens is 1. The van der Waals surface area contributed by atoms with Crippen LogP contribution in [0.2, 0.25) is 0 Å². The second-order valence-corrected chi connectivity index (χ2v) is 6.70. The van der Waals surface area contributed by atoms with E-state index >= 15 is 0 Å². The first-order valence-corrected chi connectivity index (χ1v) is 8.81. The lowest BCUT2D eigenvalue weighted by molar-refractivity contribution is -0.115. The number of nitrogens with zero attached hydrogens (tertiary/aromatic N) is 2. The number of hydrogen-bond donors (Lipinski definition) is 2. The van der Waals surface area contributed by atoms with E-state index in [4.69, 9.17) is 4.52 Å². The average molecular weight is 374 g/mol. The maximum absolute atomic E-state index is 12.5. The number of carbonyl (C=O) groups excluding carboxylic acids is 1. The molecule has 0 unspecified atom stereocenters. The lowest BCUT2D eigenvalue weighted by atomic mass is 10.0. The zero-order valence-electron chi connectivity index (χ0n) is 15.4. The van der Waals surface area contributed by atoms with Gasteiger partial charge in [0.25, 0.3) is 5.56 Å². The van der Waals surface area contributed by atoms with Gasteiger partial charge < -0.3 is 9.84 Å². The highest BCUT2D eigenvalue weighted by Crippen LogP contribution is 2.25. The number of nitrogens with one attached hydrogen (secondary N) is 2. The fourth-order valence-corrected chi connectivity index (χ4v) is 3.26. The molecule has 1 amide bonds. The highest BCUT2D eigenvalue weighted by atomic mass is 16.5. The van der Waals surface area contributed by atoms with Gasteiger partial charge in [-0.3, -0.25) is 9.59 Å². The predicted molar refractivity (Wildman–Crippen MR) is 106 cm³/mol. The number of hydrogen-bond acceptors (Lipinski definition) is 5. The Morgan fingerprint density at radius 1 is 1.14 bits per heavy atom. The van der Waals surface area contributed by atoms with Crippen LogP contribution >= 0.6 is 0 Å². The Hall–Kier alpha value is -3.74. The molecule has 0 aliphatic heterocycles. The van der Waals surface area contributed by atoms with Gasteiger partial charge in [0.15, 0.2) is 5.58 Å². The Kier molecular flexibility index (Phi) is 4.49. The summed E-state index contributed by atoms with van der Waals surface area (Å²) in [6.07, 6.45) is 0.109. The van der Waals surface area contributed by atoms with E-state index in [0.29, 0.717) is 22.7 Å². The van der Waals surface area contributed by atoms with Gasteiger partial charge in [0.2, 0.25) is 5.91 Å². The molecule has 4 aromatic rings. The van der Waals surface area contributed by atoms with Gasteiger partial charge in [-0.1, -0.05) is 23.4 Å². The predicted octanol–water partition coefficient (Wildman–Crippen LogP) is 3.38. The van der Waals surface area contributed by atoms with E-state index in [9.17, 15) is 9.59 Å². The first-order valence-electron chi connectivity index (χ1n) is 8.81. The van der Waals surface area contributed by atoms with E-state index in [2.05, 4.69) is 20.7 Å². The molecule has 2 heterocycles. The van der Waals surface area contributed by atoms with Crippen LogP contribution in [-0.4, -0.2) is 21.3 Å². The Morgan fingerprint density at radius 3 is 2.79 bits per heavy atom. The van der Waals surface area contributed by atoms with Crippen molar-refractivity contribution in [3.05, 3.63) is 75.7 Å². The summed E-state index contributed by atoms with van der Waals surface area (Å²) in [6, 6.07) is 14.3. The molecule has 0 radical (unpaired) electrons. The zero-order valence-corrected chi connectivity index (χ0v) is 15.4. The monoisotopic (exact) mass is 374 g/mol.